The largest absolute Gasteiger partial charge is 0.444 e. The molecule has 166 valence electrons. The first kappa shape index (κ1) is 21.6. The van der Waals surface area contributed by atoms with Crippen molar-refractivity contribution in [2.24, 2.45) is 0 Å². The van der Waals surface area contributed by atoms with Crippen LogP contribution >= 0.6 is 0 Å². The van der Waals surface area contributed by atoms with E-state index >= 15 is 0 Å². The van der Waals surface area contributed by atoms with Crippen molar-refractivity contribution >= 4 is 11.8 Å². The minimum Gasteiger partial charge on any atom is -0.444 e. The summed E-state index contributed by atoms with van der Waals surface area (Å²) in [5.74, 6) is 0. The summed E-state index contributed by atoms with van der Waals surface area (Å²) in [5.41, 5.74) is 4.81. The molecule has 2 aromatic carbocycles. The summed E-state index contributed by atoms with van der Waals surface area (Å²) >= 11 is 0. The predicted molar refractivity (Wildman–Crippen MR) is 122 cm³/mol. The first-order valence-corrected chi connectivity index (χ1v) is 10.7. The minimum atomic E-state index is -0.558. The molecule has 0 saturated heterocycles. The fourth-order valence-electron chi connectivity index (χ4n) is 4.04. The van der Waals surface area contributed by atoms with Gasteiger partial charge in [0.05, 0.1) is 11.5 Å². The van der Waals surface area contributed by atoms with E-state index in [1.807, 2.05) is 39.0 Å². The number of rotatable bonds is 4. The summed E-state index contributed by atoms with van der Waals surface area (Å²) < 4.78 is 7.82. The molecule has 7 nitrogen and oxygen atoms in total. The van der Waals surface area contributed by atoms with Gasteiger partial charge in [-0.25, -0.2) is 4.79 Å². The normalized spacial score (nSPS) is 13.5. The van der Waals surface area contributed by atoms with Gasteiger partial charge in [-0.3, -0.25) is 10.1 Å². The third kappa shape index (κ3) is 4.66. The number of carbonyl (C=O) groups excluding carboxylic acids is 1. The Morgan fingerprint density at radius 3 is 2.41 bits per heavy atom. The van der Waals surface area contributed by atoms with Gasteiger partial charge in [0, 0.05) is 54.7 Å². The molecule has 0 atom stereocenters. The van der Waals surface area contributed by atoms with Crippen LogP contribution in [0.2, 0.25) is 0 Å². The molecule has 0 N–H and O–H groups in total. The van der Waals surface area contributed by atoms with Crippen LogP contribution in [0.25, 0.3) is 11.1 Å². The van der Waals surface area contributed by atoms with E-state index in [2.05, 4.69) is 22.9 Å². The number of nitro groups is 1. The molecule has 0 bridgehead atoms. The maximum absolute atomic E-state index is 12.7. The van der Waals surface area contributed by atoms with E-state index in [4.69, 9.17) is 4.74 Å². The molecular formula is C25H27N3O4. The molecule has 1 amide bonds. The van der Waals surface area contributed by atoms with Crippen LogP contribution in [-0.4, -0.2) is 32.6 Å². The summed E-state index contributed by atoms with van der Waals surface area (Å²) in [7, 11) is 0. The smallest absolute Gasteiger partial charge is 0.410 e. The molecule has 0 radical (unpaired) electrons. The number of aromatic nitrogens is 1. The van der Waals surface area contributed by atoms with Gasteiger partial charge in [0.2, 0.25) is 0 Å². The average molecular weight is 434 g/mol. The summed E-state index contributed by atoms with van der Waals surface area (Å²) in [6, 6.07) is 16.8. The van der Waals surface area contributed by atoms with Gasteiger partial charge in [0.25, 0.3) is 5.69 Å². The Morgan fingerprint density at radius 2 is 1.78 bits per heavy atom. The standard InChI is InChI=1S/C25H27N3O4/c1-25(2,3)32-24(29)26-14-13-23-22(17-26)21(19-9-11-20(12-10-19)28(30)31)16-27(23)15-18-7-5-4-6-8-18/h4-12,16H,13-15,17H2,1-3H3. The maximum atomic E-state index is 12.7. The zero-order chi connectivity index (χ0) is 22.9. The van der Waals surface area contributed by atoms with E-state index in [1.54, 1.807) is 17.0 Å². The molecule has 0 unspecified atom stereocenters. The first-order valence-electron chi connectivity index (χ1n) is 10.7. The van der Waals surface area contributed by atoms with Crippen molar-refractivity contribution in [2.45, 2.75) is 45.9 Å². The Bertz CT molecular complexity index is 1130. The van der Waals surface area contributed by atoms with Crippen molar-refractivity contribution in [2.75, 3.05) is 6.54 Å². The molecule has 32 heavy (non-hydrogen) atoms. The summed E-state index contributed by atoms with van der Waals surface area (Å²) in [6.07, 6.45) is 2.49. The zero-order valence-electron chi connectivity index (χ0n) is 18.6. The van der Waals surface area contributed by atoms with E-state index < -0.39 is 10.5 Å². The molecule has 1 aromatic heterocycles. The molecule has 0 aliphatic carbocycles. The quantitative estimate of drug-likeness (QED) is 0.407. The number of hydrogen-bond donors (Lipinski definition) is 0. The van der Waals surface area contributed by atoms with E-state index in [-0.39, 0.29) is 11.8 Å². The fraction of sp³-hybridized carbons (Fsp3) is 0.320. The molecular weight excluding hydrogens is 406 g/mol. The minimum absolute atomic E-state index is 0.0571. The van der Waals surface area contributed by atoms with Gasteiger partial charge in [0.1, 0.15) is 5.60 Å². The van der Waals surface area contributed by atoms with Crippen LogP contribution in [0.15, 0.2) is 60.8 Å². The van der Waals surface area contributed by atoms with Crippen molar-refractivity contribution < 1.29 is 14.5 Å². The van der Waals surface area contributed by atoms with Crippen LogP contribution in [-0.2, 0) is 24.2 Å². The maximum Gasteiger partial charge on any atom is 0.410 e. The van der Waals surface area contributed by atoms with E-state index in [1.165, 1.54) is 23.4 Å². The number of nitro benzene ring substituents is 1. The van der Waals surface area contributed by atoms with E-state index in [9.17, 15) is 14.9 Å². The Labute approximate surface area is 187 Å². The van der Waals surface area contributed by atoms with Gasteiger partial charge >= 0.3 is 6.09 Å². The molecule has 1 aliphatic heterocycles. The lowest BCUT2D eigenvalue weighted by Crippen LogP contribution is -2.40. The van der Waals surface area contributed by atoms with Gasteiger partial charge in [-0.15, -0.1) is 0 Å². The summed E-state index contributed by atoms with van der Waals surface area (Å²) in [6.45, 7) is 7.33. The SMILES string of the molecule is CC(C)(C)OC(=O)N1CCc2c(c(-c3ccc([N+](=O)[O-])cc3)cn2Cc2ccccc2)C1. The van der Waals surface area contributed by atoms with Crippen LogP contribution < -0.4 is 0 Å². The van der Waals surface area contributed by atoms with Gasteiger partial charge in [0.15, 0.2) is 0 Å². The average Bonchev–Trinajstić information content (AvgIpc) is 3.11. The van der Waals surface area contributed by atoms with Crippen molar-refractivity contribution in [3.05, 3.63) is 87.7 Å². The van der Waals surface area contributed by atoms with Crippen molar-refractivity contribution in [3.63, 3.8) is 0 Å². The van der Waals surface area contributed by atoms with Crippen LogP contribution in [0.4, 0.5) is 10.5 Å². The molecule has 0 spiro atoms. The number of non-ortho nitro benzene ring substituents is 1. The first-order chi connectivity index (χ1) is 15.2. The molecule has 2 heterocycles. The number of carbonyl (C=O) groups is 1. The molecule has 0 saturated carbocycles. The van der Waals surface area contributed by atoms with Crippen molar-refractivity contribution in [1.29, 1.82) is 0 Å². The van der Waals surface area contributed by atoms with Crippen molar-refractivity contribution in [1.82, 2.24) is 9.47 Å². The lowest BCUT2D eigenvalue weighted by atomic mass is 9.99. The zero-order valence-corrected chi connectivity index (χ0v) is 18.6. The Hall–Kier alpha value is -3.61. The highest BCUT2D eigenvalue weighted by molar-refractivity contribution is 5.73. The molecule has 4 rings (SSSR count). The molecule has 3 aromatic rings. The lowest BCUT2D eigenvalue weighted by molar-refractivity contribution is -0.384. The number of fused-ring (bicyclic) bond motifs is 1. The Morgan fingerprint density at radius 1 is 1.09 bits per heavy atom. The van der Waals surface area contributed by atoms with Crippen LogP contribution in [0.3, 0.4) is 0 Å². The second-order valence-electron chi connectivity index (χ2n) is 9.04. The van der Waals surface area contributed by atoms with Gasteiger partial charge in [-0.2, -0.15) is 0 Å². The number of benzene rings is 2. The topological polar surface area (TPSA) is 77.6 Å². The Kier molecular flexibility index (Phi) is 5.74. The molecule has 1 aliphatic rings. The predicted octanol–water partition coefficient (Wildman–Crippen LogP) is 5.40. The second-order valence-corrected chi connectivity index (χ2v) is 9.04. The third-order valence-electron chi connectivity index (χ3n) is 5.51. The molecule has 7 heteroatoms. The van der Waals surface area contributed by atoms with Crippen molar-refractivity contribution in [3.8, 4) is 11.1 Å². The summed E-state index contributed by atoms with van der Waals surface area (Å²) in [4.78, 5) is 25.1. The van der Waals surface area contributed by atoms with E-state index in [0.717, 1.165) is 23.2 Å². The highest BCUT2D eigenvalue weighted by atomic mass is 16.6. The molecule has 0 fully saturated rings. The second kappa shape index (κ2) is 8.49. The van der Waals surface area contributed by atoms with Gasteiger partial charge < -0.3 is 14.2 Å². The monoisotopic (exact) mass is 433 g/mol. The summed E-state index contributed by atoms with van der Waals surface area (Å²) in [5, 5.41) is 11.1. The number of ether oxygens (including phenoxy) is 1. The highest BCUT2D eigenvalue weighted by Crippen LogP contribution is 2.34. The Balaban J connectivity index is 1.71. The van der Waals surface area contributed by atoms with Gasteiger partial charge in [-0.05, 0) is 44.0 Å². The van der Waals surface area contributed by atoms with E-state index in [0.29, 0.717) is 19.5 Å². The van der Waals surface area contributed by atoms with Gasteiger partial charge in [-0.1, -0.05) is 30.3 Å². The van der Waals surface area contributed by atoms with Crippen LogP contribution in [0.5, 0.6) is 0 Å². The number of hydrogen-bond acceptors (Lipinski definition) is 4. The fourth-order valence-corrected chi connectivity index (χ4v) is 4.04. The van der Waals surface area contributed by atoms with Crippen LogP contribution in [0.1, 0.15) is 37.6 Å². The third-order valence-corrected chi connectivity index (χ3v) is 5.51. The number of nitrogens with zero attached hydrogens (tertiary/aromatic N) is 3. The number of amides is 1. The highest BCUT2D eigenvalue weighted by Gasteiger charge is 2.29. The lowest BCUT2D eigenvalue weighted by Gasteiger charge is -2.31. The van der Waals surface area contributed by atoms with Crippen LogP contribution in [0, 0.1) is 10.1 Å².